The van der Waals surface area contributed by atoms with Crippen molar-refractivity contribution in [2.45, 2.75) is 32.4 Å². The van der Waals surface area contributed by atoms with E-state index in [0.717, 1.165) is 19.4 Å². The smallest absolute Gasteiger partial charge is 0.246 e. The van der Waals surface area contributed by atoms with Gasteiger partial charge in [0.25, 0.3) is 0 Å². The summed E-state index contributed by atoms with van der Waals surface area (Å²) < 4.78 is 18.4. The first-order chi connectivity index (χ1) is 10.6. The van der Waals surface area contributed by atoms with E-state index in [9.17, 15) is 9.18 Å². The van der Waals surface area contributed by atoms with Gasteiger partial charge in [0.1, 0.15) is 5.82 Å². The highest BCUT2D eigenvalue weighted by Crippen LogP contribution is 2.19. The number of aryl methyl sites for hydroxylation is 1. The lowest BCUT2D eigenvalue weighted by Crippen LogP contribution is -2.40. The van der Waals surface area contributed by atoms with Crippen LogP contribution in [0.4, 0.5) is 4.39 Å². The summed E-state index contributed by atoms with van der Waals surface area (Å²) in [6.07, 6.45) is 1.85. The quantitative estimate of drug-likeness (QED) is 0.889. The maximum absolute atomic E-state index is 13.3. The van der Waals surface area contributed by atoms with Crippen molar-refractivity contribution in [3.63, 3.8) is 0 Å². The number of amides is 1. The number of hydrogen-bond donors (Lipinski definition) is 2. The zero-order valence-corrected chi connectivity index (χ0v) is 13.5. The molecule has 6 nitrogen and oxygen atoms in total. The number of aromatic nitrogens is 2. The standard InChI is InChI=1S/C15H17FN4O2.ClH/c1-9-7-10(4-5-11(9)16)14-19-13(22-20-14)8-18-15(21)12-3-2-6-17-12;/h4-5,7,12,17H,2-3,6,8H2,1H3,(H,18,21);1H. The monoisotopic (exact) mass is 340 g/mol. The highest BCUT2D eigenvalue weighted by molar-refractivity contribution is 5.85. The van der Waals surface area contributed by atoms with Crippen LogP contribution in [0.25, 0.3) is 11.4 Å². The van der Waals surface area contributed by atoms with Gasteiger partial charge >= 0.3 is 0 Å². The van der Waals surface area contributed by atoms with Crippen LogP contribution in [0.2, 0.25) is 0 Å². The minimum absolute atomic E-state index is 0. The third kappa shape index (κ3) is 4.05. The van der Waals surface area contributed by atoms with Gasteiger partial charge in [-0.25, -0.2) is 4.39 Å². The maximum Gasteiger partial charge on any atom is 0.246 e. The van der Waals surface area contributed by atoms with Crippen molar-refractivity contribution in [2.75, 3.05) is 6.54 Å². The van der Waals surface area contributed by atoms with Crippen LogP contribution in [0.15, 0.2) is 22.7 Å². The number of benzene rings is 1. The van der Waals surface area contributed by atoms with Gasteiger partial charge in [0, 0.05) is 5.56 Å². The molecule has 1 atom stereocenters. The zero-order valence-electron chi connectivity index (χ0n) is 12.6. The number of carbonyl (C=O) groups is 1. The van der Waals surface area contributed by atoms with Crippen LogP contribution in [0, 0.1) is 12.7 Å². The van der Waals surface area contributed by atoms with Gasteiger partial charge in [-0.1, -0.05) is 5.16 Å². The summed E-state index contributed by atoms with van der Waals surface area (Å²) >= 11 is 0. The van der Waals surface area contributed by atoms with E-state index in [1.54, 1.807) is 19.1 Å². The van der Waals surface area contributed by atoms with Crippen LogP contribution < -0.4 is 10.6 Å². The predicted octanol–water partition coefficient (Wildman–Crippen LogP) is 1.97. The molecule has 1 saturated heterocycles. The predicted molar refractivity (Wildman–Crippen MR) is 84.5 cm³/mol. The summed E-state index contributed by atoms with van der Waals surface area (Å²) in [6.45, 7) is 2.73. The summed E-state index contributed by atoms with van der Waals surface area (Å²) in [5, 5.41) is 9.75. The molecule has 23 heavy (non-hydrogen) atoms. The molecule has 1 aromatic heterocycles. The van der Waals surface area contributed by atoms with Crippen molar-refractivity contribution < 1.29 is 13.7 Å². The Labute approximate surface area is 139 Å². The SMILES string of the molecule is Cc1cc(-c2noc(CNC(=O)C3CCCN3)n2)ccc1F.Cl. The van der Waals surface area contributed by atoms with E-state index in [1.165, 1.54) is 6.07 Å². The van der Waals surface area contributed by atoms with E-state index in [-0.39, 0.29) is 36.7 Å². The third-order valence-electron chi connectivity index (χ3n) is 3.67. The highest BCUT2D eigenvalue weighted by Gasteiger charge is 2.22. The Balaban J connectivity index is 0.00000192. The lowest BCUT2D eigenvalue weighted by molar-refractivity contribution is -0.123. The lowest BCUT2D eigenvalue weighted by atomic mass is 10.1. The number of hydrogen-bond acceptors (Lipinski definition) is 5. The molecule has 1 amide bonds. The van der Waals surface area contributed by atoms with Gasteiger partial charge in [-0.2, -0.15) is 4.98 Å². The van der Waals surface area contributed by atoms with Crippen molar-refractivity contribution in [2.24, 2.45) is 0 Å². The minimum Gasteiger partial charge on any atom is -0.346 e. The molecule has 124 valence electrons. The van der Waals surface area contributed by atoms with Gasteiger partial charge in [-0.15, -0.1) is 12.4 Å². The molecule has 0 bridgehead atoms. The van der Waals surface area contributed by atoms with E-state index in [2.05, 4.69) is 20.8 Å². The molecule has 0 radical (unpaired) electrons. The van der Waals surface area contributed by atoms with Crippen LogP contribution in [-0.2, 0) is 11.3 Å². The molecule has 1 fully saturated rings. The maximum atomic E-state index is 13.3. The van der Waals surface area contributed by atoms with Crippen molar-refractivity contribution in [1.82, 2.24) is 20.8 Å². The van der Waals surface area contributed by atoms with E-state index in [4.69, 9.17) is 4.52 Å². The molecule has 1 aromatic carbocycles. The fourth-order valence-electron chi connectivity index (χ4n) is 2.42. The van der Waals surface area contributed by atoms with Crippen molar-refractivity contribution in [3.05, 3.63) is 35.5 Å². The molecule has 8 heteroatoms. The van der Waals surface area contributed by atoms with Crippen LogP contribution >= 0.6 is 12.4 Å². The number of rotatable bonds is 4. The molecule has 1 aliphatic heterocycles. The third-order valence-corrected chi connectivity index (χ3v) is 3.67. The number of carbonyl (C=O) groups excluding carboxylic acids is 1. The molecule has 2 aromatic rings. The van der Waals surface area contributed by atoms with E-state index in [1.807, 2.05) is 0 Å². The Kier molecular flexibility index (Phi) is 5.68. The molecular weight excluding hydrogens is 323 g/mol. The average Bonchev–Trinajstić information content (AvgIpc) is 3.19. The second kappa shape index (κ2) is 7.52. The van der Waals surface area contributed by atoms with Crippen molar-refractivity contribution in [1.29, 1.82) is 0 Å². The van der Waals surface area contributed by atoms with Gasteiger partial charge in [0.15, 0.2) is 0 Å². The second-order valence-electron chi connectivity index (χ2n) is 5.34. The molecular formula is C15H18ClFN4O2. The van der Waals surface area contributed by atoms with Crippen LogP contribution in [0.5, 0.6) is 0 Å². The zero-order chi connectivity index (χ0) is 15.5. The van der Waals surface area contributed by atoms with E-state index < -0.39 is 0 Å². The van der Waals surface area contributed by atoms with Crippen LogP contribution in [-0.4, -0.2) is 28.6 Å². The molecule has 2 N–H and O–H groups in total. The number of nitrogens with one attached hydrogen (secondary N) is 2. The Hall–Kier alpha value is -1.99. The fraction of sp³-hybridized carbons (Fsp3) is 0.400. The normalized spacial score (nSPS) is 16.9. The summed E-state index contributed by atoms with van der Waals surface area (Å²) in [5.74, 6) is 0.369. The summed E-state index contributed by atoms with van der Waals surface area (Å²) in [5.41, 5.74) is 1.20. The van der Waals surface area contributed by atoms with E-state index in [0.29, 0.717) is 22.8 Å². The summed E-state index contributed by atoms with van der Waals surface area (Å²) in [4.78, 5) is 16.1. The largest absolute Gasteiger partial charge is 0.346 e. The lowest BCUT2D eigenvalue weighted by Gasteiger charge is -2.08. The van der Waals surface area contributed by atoms with Crippen molar-refractivity contribution >= 4 is 18.3 Å². The first kappa shape index (κ1) is 17.4. The Morgan fingerprint density at radius 2 is 2.35 bits per heavy atom. The molecule has 2 heterocycles. The molecule has 0 saturated carbocycles. The topological polar surface area (TPSA) is 80.0 Å². The van der Waals surface area contributed by atoms with Gasteiger partial charge in [0.05, 0.1) is 12.6 Å². The molecule has 3 rings (SSSR count). The van der Waals surface area contributed by atoms with Crippen LogP contribution in [0.3, 0.4) is 0 Å². The van der Waals surface area contributed by atoms with E-state index >= 15 is 0 Å². The first-order valence-electron chi connectivity index (χ1n) is 7.23. The molecule has 0 spiro atoms. The Morgan fingerprint density at radius 3 is 3.04 bits per heavy atom. The Morgan fingerprint density at radius 1 is 1.52 bits per heavy atom. The second-order valence-corrected chi connectivity index (χ2v) is 5.34. The molecule has 1 unspecified atom stereocenters. The summed E-state index contributed by atoms with van der Waals surface area (Å²) in [7, 11) is 0. The van der Waals surface area contributed by atoms with Crippen molar-refractivity contribution in [3.8, 4) is 11.4 Å². The first-order valence-corrected chi connectivity index (χ1v) is 7.23. The number of nitrogens with zero attached hydrogens (tertiary/aromatic N) is 2. The fourth-order valence-corrected chi connectivity index (χ4v) is 2.42. The number of halogens is 2. The van der Waals surface area contributed by atoms with Gasteiger partial charge < -0.3 is 15.2 Å². The van der Waals surface area contributed by atoms with Gasteiger partial charge in [0.2, 0.25) is 17.6 Å². The molecule has 0 aliphatic carbocycles. The highest BCUT2D eigenvalue weighted by atomic mass is 35.5. The summed E-state index contributed by atoms with van der Waals surface area (Å²) in [6, 6.07) is 4.49. The Bertz CT molecular complexity index is 686. The molecule has 1 aliphatic rings. The minimum atomic E-state index is -0.274. The van der Waals surface area contributed by atoms with Gasteiger partial charge in [-0.3, -0.25) is 4.79 Å². The van der Waals surface area contributed by atoms with Gasteiger partial charge in [-0.05, 0) is 50.1 Å². The average molecular weight is 341 g/mol. The van der Waals surface area contributed by atoms with Crippen LogP contribution in [0.1, 0.15) is 24.3 Å².